The van der Waals surface area contributed by atoms with Gasteiger partial charge >= 0.3 is 12.1 Å². The highest BCUT2D eigenvalue weighted by Gasteiger charge is 2.35. The number of carboxylic acid groups (broad SMARTS) is 1. The van der Waals surface area contributed by atoms with Crippen LogP contribution >= 0.6 is 0 Å². The van der Waals surface area contributed by atoms with Crippen LogP contribution in [0.25, 0.3) is 11.1 Å². The Labute approximate surface area is 253 Å². The van der Waals surface area contributed by atoms with Crippen LogP contribution in [0.4, 0.5) is 9.18 Å². The summed E-state index contributed by atoms with van der Waals surface area (Å²) in [5.41, 5.74) is 0.865. The molecule has 0 saturated carbocycles. The van der Waals surface area contributed by atoms with Gasteiger partial charge in [0.25, 0.3) is 5.91 Å². The number of hydrogen-bond acceptors (Lipinski definition) is 6. The first-order chi connectivity index (χ1) is 20.3. The Morgan fingerprint density at radius 1 is 1.12 bits per heavy atom. The molecule has 0 bridgehead atoms. The van der Waals surface area contributed by atoms with Crippen LogP contribution in [0, 0.1) is 5.82 Å². The molecular weight excluding hydrogens is 555 g/mol. The lowest BCUT2D eigenvalue weighted by Gasteiger charge is -2.42. The van der Waals surface area contributed by atoms with Gasteiger partial charge in [-0.3, -0.25) is 4.79 Å². The van der Waals surface area contributed by atoms with Crippen molar-refractivity contribution in [2.24, 2.45) is 0 Å². The van der Waals surface area contributed by atoms with E-state index in [1.165, 1.54) is 12.1 Å². The lowest BCUT2D eigenvalue weighted by Crippen LogP contribution is -2.54. The second-order valence-corrected chi connectivity index (χ2v) is 12.1. The molecule has 0 radical (unpaired) electrons. The number of rotatable bonds is 11. The lowest BCUT2D eigenvalue weighted by atomic mass is 9.93. The molecule has 1 aliphatic heterocycles. The van der Waals surface area contributed by atoms with E-state index in [9.17, 15) is 19.5 Å². The smallest absolute Gasteiger partial charge is 0.410 e. The number of carbonyl (C=O) groups excluding carboxylic acids is 2. The molecule has 0 aromatic heterocycles. The summed E-state index contributed by atoms with van der Waals surface area (Å²) in [5.74, 6) is -1.70. The molecule has 0 spiro atoms. The molecule has 1 heterocycles. The Balaban J connectivity index is 2.05. The van der Waals surface area contributed by atoms with Crippen LogP contribution in [-0.4, -0.2) is 84.0 Å². The third-order valence-electron chi connectivity index (χ3n) is 7.30. The van der Waals surface area contributed by atoms with Gasteiger partial charge in [-0.15, -0.1) is 0 Å². The van der Waals surface area contributed by atoms with Gasteiger partial charge in [0.2, 0.25) is 0 Å². The van der Waals surface area contributed by atoms with E-state index in [2.05, 4.69) is 0 Å². The number of hydrogen-bond donors (Lipinski definition) is 1. The molecule has 43 heavy (non-hydrogen) atoms. The number of methoxy groups -OCH3 is 1. The van der Waals surface area contributed by atoms with Crippen LogP contribution in [0.3, 0.4) is 0 Å². The van der Waals surface area contributed by atoms with E-state index in [1.807, 2.05) is 46.4 Å². The van der Waals surface area contributed by atoms with Gasteiger partial charge in [0.05, 0.1) is 18.2 Å². The minimum absolute atomic E-state index is 0.0576. The summed E-state index contributed by atoms with van der Waals surface area (Å²) in [6, 6.07) is 6.58. The van der Waals surface area contributed by atoms with Crippen molar-refractivity contribution in [3.63, 3.8) is 0 Å². The van der Waals surface area contributed by atoms with Gasteiger partial charge < -0.3 is 29.1 Å². The average Bonchev–Trinajstić information content (AvgIpc) is 2.94. The highest BCUT2D eigenvalue weighted by atomic mass is 19.1. The third kappa shape index (κ3) is 8.69. The molecule has 0 aliphatic carbocycles. The predicted molar refractivity (Wildman–Crippen MR) is 162 cm³/mol. The predicted octanol–water partition coefficient (Wildman–Crippen LogP) is 6.42. The van der Waals surface area contributed by atoms with Gasteiger partial charge in [0.15, 0.2) is 0 Å². The molecule has 1 fully saturated rings. The third-order valence-corrected chi connectivity index (χ3v) is 7.30. The van der Waals surface area contributed by atoms with Crippen LogP contribution in [0.2, 0.25) is 0 Å². The van der Waals surface area contributed by atoms with E-state index in [1.54, 1.807) is 24.1 Å². The summed E-state index contributed by atoms with van der Waals surface area (Å²) >= 11 is 0. The summed E-state index contributed by atoms with van der Waals surface area (Å²) in [6.07, 6.45) is 2.10. The van der Waals surface area contributed by atoms with Crippen molar-refractivity contribution in [1.29, 1.82) is 0 Å². The van der Waals surface area contributed by atoms with E-state index >= 15 is 4.39 Å². The first kappa shape index (κ1) is 33.8. The standard InChI is InChI=1S/C33H45FN2O7/c1-8-22-17-27(26-18-23(31(38)39)12-13-28(26)34)29(42-16-10-15-41-7)19-25(22)30(37)36(21(2)3)24-11-9-14-35(20-24)32(40)43-33(4,5)6/h12-13,17-19,21,24H,8-11,14-16,20H2,1-7H3,(H,38,39). The number of ether oxygens (including phenoxy) is 3. The van der Waals surface area contributed by atoms with Gasteiger partial charge in [0.1, 0.15) is 17.2 Å². The van der Waals surface area contributed by atoms with E-state index in [0.29, 0.717) is 49.2 Å². The molecule has 9 nitrogen and oxygen atoms in total. The number of amides is 2. The molecule has 1 aliphatic rings. The normalized spacial score (nSPS) is 15.4. The molecule has 2 aromatic rings. The maximum Gasteiger partial charge on any atom is 0.410 e. The number of aryl methyl sites for hydroxylation is 1. The van der Waals surface area contributed by atoms with Crippen molar-refractivity contribution in [3.8, 4) is 16.9 Å². The Morgan fingerprint density at radius 2 is 1.84 bits per heavy atom. The molecule has 1 N–H and O–H groups in total. The van der Waals surface area contributed by atoms with Crippen molar-refractivity contribution in [1.82, 2.24) is 9.80 Å². The molecular formula is C33H45FN2O7. The summed E-state index contributed by atoms with van der Waals surface area (Å²) in [4.78, 5) is 42.3. The number of carbonyl (C=O) groups is 3. The minimum Gasteiger partial charge on any atom is -0.493 e. The zero-order valence-electron chi connectivity index (χ0n) is 26.4. The van der Waals surface area contributed by atoms with Crippen molar-refractivity contribution < 1.29 is 38.1 Å². The van der Waals surface area contributed by atoms with Gasteiger partial charge in [-0.05, 0) is 89.8 Å². The van der Waals surface area contributed by atoms with Crippen molar-refractivity contribution >= 4 is 18.0 Å². The fourth-order valence-electron chi connectivity index (χ4n) is 5.33. The van der Waals surface area contributed by atoms with Gasteiger partial charge in [0, 0.05) is 56.0 Å². The number of benzene rings is 2. The number of carboxylic acids is 1. The molecule has 10 heteroatoms. The van der Waals surface area contributed by atoms with Crippen molar-refractivity contribution in [2.45, 2.75) is 84.9 Å². The maximum atomic E-state index is 15.1. The number of aromatic carboxylic acids is 1. The highest BCUT2D eigenvalue weighted by Crippen LogP contribution is 2.37. The fourth-order valence-corrected chi connectivity index (χ4v) is 5.33. The second kappa shape index (κ2) is 14.7. The fraction of sp³-hybridized carbons (Fsp3) is 0.545. The van der Waals surface area contributed by atoms with Crippen LogP contribution in [-0.2, 0) is 15.9 Å². The van der Waals surface area contributed by atoms with Gasteiger partial charge in [-0.2, -0.15) is 0 Å². The first-order valence-electron chi connectivity index (χ1n) is 14.9. The summed E-state index contributed by atoms with van der Waals surface area (Å²) in [6.45, 7) is 12.9. The minimum atomic E-state index is -1.17. The molecule has 2 aromatic carbocycles. The van der Waals surface area contributed by atoms with Crippen LogP contribution in [0.1, 0.15) is 87.1 Å². The Bertz CT molecular complexity index is 1300. The second-order valence-electron chi connectivity index (χ2n) is 12.1. The van der Waals surface area contributed by atoms with E-state index < -0.39 is 23.5 Å². The molecule has 1 unspecified atom stereocenters. The zero-order chi connectivity index (χ0) is 31.9. The zero-order valence-corrected chi connectivity index (χ0v) is 26.4. The largest absolute Gasteiger partial charge is 0.493 e. The molecule has 1 saturated heterocycles. The highest BCUT2D eigenvalue weighted by molar-refractivity contribution is 5.98. The number of likely N-dealkylation sites (tertiary alicyclic amines) is 1. The van der Waals surface area contributed by atoms with Crippen LogP contribution in [0.5, 0.6) is 5.75 Å². The Morgan fingerprint density at radius 3 is 2.44 bits per heavy atom. The number of halogens is 1. The van der Waals surface area contributed by atoms with Crippen LogP contribution < -0.4 is 4.74 Å². The first-order valence-corrected chi connectivity index (χ1v) is 14.9. The van der Waals surface area contributed by atoms with Crippen LogP contribution in [0.15, 0.2) is 30.3 Å². The van der Waals surface area contributed by atoms with Crippen molar-refractivity contribution in [3.05, 3.63) is 52.8 Å². The van der Waals surface area contributed by atoms with E-state index in [-0.39, 0.29) is 41.5 Å². The summed E-state index contributed by atoms with van der Waals surface area (Å²) in [7, 11) is 1.58. The summed E-state index contributed by atoms with van der Waals surface area (Å²) < 4.78 is 31.9. The maximum absolute atomic E-state index is 15.1. The Hall–Kier alpha value is -3.66. The van der Waals surface area contributed by atoms with Gasteiger partial charge in [-0.1, -0.05) is 6.92 Å². The number of nitrogens with zero attached hydrogens (tertiary/aromatic N) is 2. The van der Waals surface area contributed by atoms with E-state index in [4.69, 9.17) is 14.2 Å². The summed E-state index contributed by atoms with van der Waals surface area (Å²) in [5, 5.41) is 9.53. The SMILES string of the molecule is CCc1cc(-c2cc(C(=O)O)ccc2F)c(OCCCOC)cc1C(=O)N(C(C)C)C1CCCN(C(=O)OC(C)(C)C)C1. The van der Waals surface area contributed by atoms with E-state index in [0.717, 1.165) is 18.9 Å². The molecule has 236 valence electrons. The molecule has 2 amide bonds. The number of piperidine rings is 1. The average molecular weight is 601 g/mol. The topological polar surface area (TPSA) is 106 Å². The Kier molecular flexibility index (Phi) is 11.6. The molecule has 1 atom stereocenters. The molecule has 3 rings (SSSR count). The monoisotopic (exact) mass is 600 g/mol. The van der Waals surface area contributed by atoms with Gasteiger partial charge in [-0.25, -0.2) is 14.0 Å². The van der Waals surface area contributed by atoms with Crippen molar-refractivity contribution in [2.75, 3.05) is 33.4 Å². The lowest BCUT2D eigenvalue weighted by molar-refractivity contribution is 0.00749. The quantitative estimate of drug-likeness (QED) is 0.297.